The van der Waals surface area contributed by atoms with Crippen molar-refractivity contribution in [3.8, 4) is 0 Å². The number of carbonyl (C=O) groups excluding carboxylic acids is 1. The molecular formula is C8H10BNO4. The molecule has 5 nitrogen and oxygen atoms in total. The van der Waals surface area contributed by atoms with Gasteiger partial charge in [-0.2, -0.15) is 0 Å². The minimum Gasteiger partial charge on any atom is -0.464 e. The maximum absolute atomic E-state index is 11.5. The van der Waals surface area contributed by atoms with Crippen LogP contribution in [0.25, 0.3) is 0 Å². The van der Waals surface area contributed by atoms with E-state index in [0.717, 1.165) is 12.1 Å². The molecule has 0 fully saturated rings. The Kier molecular flexibility index (Phi) is 1.48. The molecule has 1 heterocycles. The molecule has 1 aromatic rings. The van der Waals surface area contributed by atoms with Crippen LogP contribution < -0.4 is 5.46 Å². The molecule has 2 N–H and O–H groups in total. The lowest BCUT2D eigenvalue weighted by atomic mass is 9.80. The number of methoxy groups -OCH3 is 1. The van der Waals surface area contributed by atoms with E-state index in [0.29, 0.717) is 0 Å². The summed E-state index contributed by atoms with van der Waals surface area (Å²) in [6.07, 6.45) is 0. The molecule has 74 valence electrons. The van der Waals surface area contributed by atoms with Crippen LogP contribution in [0.5, 0.6) is 0 Å². The molecule has 0 radical (unpaired) electrons. The number of hydrogen-bond acceptors (Lipinski definition) is 5. The zero-order valence-corrected chi connectivity index (χ0v) is 6.89. The summed E-state index contributed by atoms with van der Waals surface area (Å²) in [5, 5.41) is 18.1. The van der Waals surface area contributed by atoms with Crippen molar-refractivity contribution in [1.82, 2.24) is 4.98 Å². The van der Waals surface area contributed by atoms with Crippen LogP contribution in [0.1, 0.15) is 24.4 Å². The van der Waals surface area contributed by atoms with Crippen LogP contribution in [0.4, 0.5) is 0 Å². The standard InChI is InChI=1S/C8H10BNO4/c1-5-3-6(9(12)13)4-7(10-5)8(11)14-2/h3-4,12-13H,1-2H3/i1D3,2D3. The van der Waals surface area contributed by atoms with Gasteiger partial charge in [0.1, 0.15) is 5.69 Å². The van der Waals surface area contributed by atoms with Gasteiger partial charge in [0.05, 0.1) is 11.2 Å². The third-order valence-electron chi connectivity index (χ3n) is 1.45. The van der Waals surface area contributed by atoms with E-state index in [9.17, 15) is 4.79 Å². The number of nitrogens with zero attached hydrogens (tertiary/aromatic N) is 1. The van der Waals surface area contributed by atoms with Gasteiger partial charge >= 0.3 is 13.1 Å². The van der Waals surface area contributed by atoms with Gasteiger partial charge in [0.2, 0.25) is 0 Å². The van der Waals surface area contributed by atoms with E-state index in [1.807, 2.05) is 0 Å². The molecule has 14 heavy (non-hydrogen) atoms. The average Bonchev–Trinajstić information content (AvgIpc) is 2.24. The molecule has 0 unspecified atom stereocenters. The second-order valence-electron chi connectivity index (χ2n) is 2.43. The minimum absolute atomic E-state index is 0.316. The van der Waals surface area contributed by atoms with Crippen LogP contribution in [0.15, 0.2) is 12.1 Å². The molecule has 0 bridgehead atoms. The normalized spacial score (nSPS) is 17.9. The zero-order valence-electron chi connectivity index (χ0n) is 12.9. The van der Waals surface area contributed by atoms with Crippen LogP contribution in [-0.4, -0.2) is 35.2 Å². The van der Waals surface area contributed by atoms with Crippen LogP contribution in [0, 0.1) is 6.85 Å². The van der Waals surface area contributed by atoms with E-state index in [4.69, 9.17) is 18.3 Å². The van der Waals surface area contributed by atoms with Crippen molar-refractivity contribution in [3.05, 3.63) is 23.5 Å². The maximum atomic E-state index is 11.5. The number of rotatable bonds is 2. The van der Waals surface area contributed by atoms with Crippen LogP contribution in [-0.2, 0) is 4.74 Å². The lowest BCUT2D eigenvalue weighted by molar-refractivity contribution is 0.0594. The van der Waals surface area contributed by atoms with E-state index in [1.54, 1.807) is 0 Å². The lowest BCUT2D eigenvalue weighted by Crippen LogP contribution is -2.31. The molecule has 0 aliphatic rings. The monoisotopic (exact) mass is 201 g/mol. The number of aromatic nitrogens is 1. The minimum atomic E-state index is -3.02. The second kappa shape index (κ2) is 4.21. The number of esters is 1. The Bertz CT molecular complexity index is 515. The summed E-state index contributed by atoms with van der Waals surface area (Å²) in [5.74, 6) is -1.39. The van der Waals surface area contributed by atoms with E-state index < -0.39 is 38.4 Å². The van der Waals surface area contributed by atoms with Crippen molar-refractivity contribution in [2.24, 2.45) is 0 Å². The maximum Gasteiger partial charge on any atom is 0.488 e. The topological polar surface area (TPSA) is 79.7 Å². The molecule has 0 spiro atoms. The Morgan fingerprint density at radius 3 is 3.00 bits per heavy atom. The van der Waals surface area contributed by atoms with Gasteiger partial charge in [-0.3, -0.25) is 0 Å². The molecule has 0 aromatic carbocycles. The summed E-state index contributed by atoms with van der Waals surface area (Å²) in [4.78, 5) is 15.0. The average molecular weight is 201 g/mol. The predicted octanol–water partition coefficient (Wildman–Crippen LogP) is -1.14. The van der Waals surface area contributed by atoms with Gasteiger partial charge in [-0.1, -0.05) is 0 Å². The van der Waals surface area contributed by atoms with Crippen molar-refractivity contribution in [2.45, 2.75) is 6.85 Å². The summed E-state index contributed by atoms with van der Waals surface area (Å²) in [7, 11) is -5.06. The van der Waals surface area contributed by atoms with Crippen LogP contribution in [0.2, 0.25) is 0 Å². The van der Waals surface area contributed by atoms with Gasteiger partial charge < -0.3 is 14.8 Å². The molecule has 1 aromatic heterocycles. The van der Waals surface area contributed by atoms with Crippen LogP contribution >= 0.6 is 0 Å². The summed E-state index contributed by atoms with van der Waals surface area (Å²) in [6.45, 7) is -2.71. The van der Waals surface area contributed by atoms with Crippen molar-refractivity contribution in [3.63, 3.8) is 0 Å². The molecule has 1 rings (SSSR count). The molecule has 0 saturated carbocycles. The Morgan fingerprint density at radius 2 is 2.43 bits per heavy atom. The lowest BCUT2D eigenvalue weighted by Gasteiger charge is -2.04. The Balaban J connectivity index is 3.26. The largest absolute Gasteiger partial charge is 0.488 e. The van der Waals surface area contributed by atoms with Crippen molar-refractivity contribution in [2.75, 3.05) is 7.04 Å². The number of hydrogen-bond donors (Lipinski definition) is 2. The molecule has 0 amide bonds. The Labute approximate surface area is 89.9 Å². The first-order valence-corrected chi connectivity index (χ1v) is 3.52. The third kappa shape index (κ3) is 2.30. The molecular weight excluding hydrogens is 185 g/mol. The molecule has 6 heteroatoms. The summed E-state index contributed by atoms with van der Waals surface area (Å²) in [6, 6.07) is 1.72. The third-order valence-corrected chi connectivity index (χ3v) is 1.45. The van der Waals surface area contributed by atoms with Crippen molar-refractivity contribution >= 4 is 18.6 Å². The fourth-order valence-corrected chi connectivity index (χ4v) is 0.858. The number of pyridine rings is 1. The number of ether oxygens (including phenoxy) is 1. The van der Waals surface area contributed by atoms with Gasteiger partial charge in [0.25, 0.3) is 0 Å². The molecule has 0 saturated heterocycles. The van der Waals surface area contributed by atoms with E-state index >= 15 is 0 Å². The number of aryl methyl sites for hydroxylation is 1. The first-order valence-electron chi connectivity index (χ1n) is 6.52. The highest BCUT2D eigenvalue weighted by atomic mass is 16.5. The number of carbonyl (C=O) groups is 1. The van der Waals surface area contributed by atoms with Crippen LogP contribution in [0.3, 0.4) is 0 Å². The molecule has 0 atom stereocenters. The van der Waals surface area contributed by atoms with Crippen molar-refractivity contribution in [1.29, 1.82) is 0 Å². The van der Waals surface area contributed by atoms with E-state index in [1.165, 1.54) is 0 Å². The van der Waals surface area contributed by atoms with Gasteiger partial charge in [-0.05, 0) is 24.4 Å². The van der Waals surface area contributed by atoms with E-state index in [-0.39, 0.29) is 5.46 Å². The fraction of sp³-hybridized carbons (Fsp3) is 0.250. The Morgan fingerprint density at radius 1 is 1.64 bits per heavy atom. The van der Waals surface area contributed by atoms with Gasteiger partial charge in [-0.25, -0.2) is 9.78 Å². The fourth-order valence-electron chi connectivity index (χ4n) is 0.858. The van der Waals surface area contributed by atoms with Gasteiger partial charge in [0.15, 0.2) is 0 Å². The zero-order chi connectivity index (χ0) is 15.7. The Hall–Kier alpha value is -1.40. The smallest absolute Gasteiger partial charge is 0.464 e. The summed E-state index contributed by atoms with van der Waals surface area (Å²) < 4.78 is 45.9. The molecule has 0 aliphatic heterocycles. The highest BCUT2D eigenvalue weighted by Gasteiger charge is 2.16. The highest BCUT2D eigenvalue weighted by molar-refractivity contribution is 6.58. The van der Waals surface area contributed by atoms with Gasteiger partial charge in [0, 0.05) is 9.81 Å². The second-order valence-corrected chi connectivity index (χ2v) is 2.43. The SMILES string of the molecule is [2H]C([2H])([2H])OC(=O)c1cc(B(O)O)cc(C([2H])([2H])[2H])n1. The highest BCUT2D eigenvalue weighted by Crippen LogP contribution is 1.98. The summed E-state index contributed by atoms with van der Waals surface area (Å²) >= 11 is 0. The molecule has 0 aliphatic carbocycles. The summed E-state index contributed by atoms with van der Waals surface area (Å²) in [5.41, 5.74) is -1.54. The quantitative estimate of drug-likeness (QED) is 0.466. The first-order chi connectivity index (χ1) is 8.90. The van der Waals surface area contributed by atoms with Crippen molar-refractivity contribution < 1.29 is 27.8 Å². The van der Waals surface area contributed by atoms with E-state index in [2.05, 4.69) is 9.72 Å². The van der Waals surface area contributed by atoms with Gasteiger partial charge in [-0.15, -0.1) is 0 Å². The predicted molar refractivity (Wildman–Crippen MR) is 50.1 cm³/mol. The first kappa shape index (κ1) is 4.90.